The Balaban J connectivity index is 3.01. The van der Waals surface area contributed by atoms with E-state index in [0.29, 0.717) is 11.8 Å². The van der Waals surface area contributed by atoms with Crippen molar-refractivity contribution in [2.45, 2.75) is 18.6 Å². The molecule has 1 N–H and O–H groups in total. The summed E-state index contributed by atoms with van der Waals surface area (Å²) in [4.78, 5) is 12.1. The highest BCUT2D eigenvalue weighted by molar-refractivity contribution is 9.10. The van der Waals surface area contributed by atoms with Gasteiger partial charge < -0.3 is 10.1 Å². The maximum absolute atomic E-state index is 13.0. The van der Waals surface area contributed by atoms with E-state index in [1.54, 1.807) is 0 Å². The lowest BCUT2D eigenvalue weighted by molar-refractivity contribution is -0.138. The number of hydrogen-bond acceptors (Lipinski definition) is 2. The molecule has 0 saturated carbocycles. The van der Waals surface area contributed by atoms with Gasteiger partial charge in [0.25, 0.3) is 5.91 Å². The van der Waals surface area contributed by atoms with Gasteiger partial charge in [0, 0.05) is 16.9 Å². The summed E-state index contributed by atoms with van der Waals surface area (Å²) in [6, 6.07) is 3.09. The first-order chi connectivity index (χ1) is 9.79. The van der Waals surface area contributed by atoms with Gasteiger partial charge in [0.2, 0.25) is 0 Å². The molecule has 3 nitrogen and oxygen atoms in total. The van der Waals surface area contributed by atoms with Gasteiger partial charge in [-0.15, -0.1) is 0 Å². The quantitative estimate of drug-likeness (QED) is 0.690. The number of amides is 1. The van der Waals surface area contributed by atoms with Crippen LogP contribution in [0, 0.1) is 0 Å². The lowest BCUT2D eigenvalue weighted by atomic mass is 10.1. The number of nitrogens with one attached hydrogen (secondary N) is 1. The number of benzene rings is 1. The first-order valence-electron chi connectivity index (χ1n) is 6.02. The second-order valence-corrected chi connectivity index (χ2v) is 6.00. The van der Waals surface area contributed by atoms with Crippen molar-refractivity contribution in [1.29, 1.82) is 0 Å². The van der Waals surface area contributed by atoms with Gasteiger partial charge in [-0.1, -0.05) is 31.9 Å². The number of halogens is 5. The number of methoxy groups -OCH3 is 1. The van der Waals surface area contributed by atoms with Crippen molar-refractivity contribution in [2.75, 3.05) is 19.0 Å². The first-order valence-corrected chi connectivity index (χ1v) is 7.93. The molecule has 0 aliphatic heterocycles. The molecule has 0 radical (unpaired) electrons. The molecule has 1 unspecified atom stereocenters. The van der Waals surface area contributed by atoms with Crippen molar-refractivity contribution < 1.29 is 22.7 Å². The van der Waals surface area contributed by atoms with Gasteiger partial charge >= 0.3 is 6.18 Å². The fourth-order valence-electron chi connectivity index (χ4n) is 1.74. The third kappa shape index (κ3) is 5.60. The summed E-state index contributed by atoms with van der Waals surface area (Å²) >= 11 is 6.21. The molecule has 0 fully saturated rings. The number of carbonyl (C=O) groups is 1. The van der Waals surface area contributed by atoms with Crippen LogP contribution in [0.4, 0.5) is 13.2 Å². The summed E-state index contributed by atoms with van der Waals surface area (Å²) in [5.41, 5.74) is -1.37. The minimum absolute atomic E-state index is 0.231. The van der Waals surface area contributed by atoms with E-state index in [4.69, 9.17) is 4.74 Å². The molecular formula is C13H14Br2F3NO2. The van der Waals surface area contributed by atoms with Gasteiger partial charge in [-0.3, -0.25) is 4.79 Å². The Hall–Kier alpha value is -0.600. The Morgan fingerprint density at radius 2 is 2.10 bits per heavy atom. The fourth-order valence-corrected chi connectivity index (χ4v) is 2.66. The fraction of sp³-hybridized carbons (Fsp3) is 0.462. The van der Waals surface area contributed by atoms with Crippen molar-refractivity contribution >= 4 is 37.8 Å². The third-order valence-corrected chi connectivity index (χ3v) is 3.64. The largest absolute Gasteiger partial charge is 0.417 e. The van der Waals surface area contributed by atoms with E-state index in [1.807, 2.05) is 0 Å². The SMILES string of the molecule is COCC(CCBr)NC(=O)c1ccc(Br)cc1C(F)(F)F. The molecule has 0 aromatic heterocycles. The Morgan fingerprint density at radius 3 is 2.62 bits per heavy atom. The average molecular weight is 433 g/mol. The van der Waals surface area contributed by atoms with Crippen LogP contribution in [-0.2, 0) is 10.9 Å². The summed E-state index contributed by atoms with van der Waals surface area (Å²) in [6.45, 7) is 0.231. The Morgan fingerprint density at radius 1 is 1.43 bits per heavy atom. The number of rotatable bonds is 6. The number of hydrogen-bond donors (Lipinski definition) is 1. The standard InChI is InChI=1S/C13H14Br2F3NO2/c1-21-7-9(4-5-14)19-12(20)10-3-2-8(15)6-11(10)13(16,17)18/h2-3,6,9H,4-5,7H2,1H3,(H,19,20). The molecule has 1 amide bonds. The zero-order valence-electron chi connectivity index (χ0n) is 11.1. The number of alkyl halides is 4. The molecule has 118 valence electrons. The highest BCUT2D eigenvalue weighted by atomic mass is 79.9. The van der Waals surface area contributed by atoms with Crippen LogP contribution in [0.5, 0.6) is 0 Å². The monoisotopic (exact) mass is 431 g/mol. The molecule has 21 heavy (non-hydrogen) atoms. The van der Waals surface area contributed by atoms with Crippen LogP contribution in [0.3, 0.4) is 0 Å². The first kappa shape index (κ1) is 18.4. The van der Waals surface area contributed by atoms with Gasteiger partial charge in [0.1, 0.15) is 0 Å². The molecule has 0 spiro atoms. The zero-order valence-corrected chi connectivity index (χ0v) is 14.3. The van der Waals surface area contributed by atoms with Crippen LogP contribution in [0.1, 0.15) is 22.3 Å². The molecule has 1 aromatic rings. The average Bonchev–Trinajstić information content (AvgIpc) is 2.38. The van der Waals surface area contributed by atoms with Crippen molar-refractivity contribution in [1.82, 2.24) is 5.32 Å². The van der Waals surface area contributed by atoms with Crippen LogP contribution in [0.15, 0.2) is 22.7 Å². The van der Waals surface area contributed by atoms with Gasteiger partial charge in [0.15, 0.2) is 0 Å². The maximum atomic E-state index is 13.0. The maximum Gasteiger partial charge on any atom is 0.417 e. The second-order valence-electron chi connectivity index (χ2n) is 4.29. The van der Waals surface area contributed by atoms with E-state index in [2.05, 4.69) is 37.2 Å². The minimum atomic E-state index is -4.59. The van der Waals surface area contributed by atoms with E-state index in [0.717, 1.165) is 12.1 Å². The van der Waals surface area contributed by atoms with E-state index in [-0.39, 0.29) is 17.1 Å². The molecule has 1 aromatic carbocycles. The van der Waals surface area contributed by atoms with E-state index >= 15 is 0 Å². The van der Waals surface area contributed by atoms with E-state index in [9.17, 15) is 18.0 Å². The zero-order chi connectivity index (χ0) is 16.0. The normalized spacial score (nSPS) is 13.0. The molecule has 8 heteroatoms. The van der Waals surface area contributed by atoms with Crippen molar-refractivity contribution in [3.8, 4) is 0 Å². The Kier molecular flexibility index (Phi) is 7.15. The summed E-state index contributed by atoms with van der Waals surface area (Å²) < 4.78 is 44.2. The predicted octanol–water partition coefficient (Wildman–Crippen LogP) is 4.00. The second kappa shape index (κ2) is 8.14. The van der Waals surface area contributed by atoms with Crippen molar-refractivity contribution in [3.63, 3.8) is 0 Å². The lowest BCUT2D eigenvalue weighted by Gasteiger charge is -2.19. The van der Waals surface area contributed by atoms with Crippen molar-refractivity contribution in [3.05, 3.63) is 33.8 Å². The lowest BCUT2D eigenvalue weighted by Crippen LogP contribution is -2.39. The number of ether oxygens (including phenoxy) is 1. The van der Waals surface area contributed by atoms with Gasteiger partial charge in [-0.05, 0) is 24.6 Å². The van der Waals surface area contributed by atoms with E-state index in [1.165, 1.54) is 13.2 Å². The molecule has 0 aliphatic rings. The summed E-state index contributed by atoms with van der Waals surface area (Å²) in [6.07, 6.45) is -4.04. The third-order valence-electron chi connectivity index (χ3n) is 2.69. The van der Waals surface area contributed by atoms with Gasteiger partial charge in [0.05, 0.1) is 23.8 Å². The number of carbonyl (C=O) groups excluding carboxylic acids is 1. The topological polar surface area (TPSA) is 38.3 Å². The Bertz CT molecular complexity index is 489. The summed E-state index contributed by atoms with van der Waals surface area (Å²) in [5.74, 6) is -0.766. The van der Waals surface area contributed by atoms with Crippen LogP contribution in [0.25, 0.3) is 0 Å². The van der Waals surface area contributed by atoms with Crippen LogP contribution < -0.4 is 5.32 Å². The van der Waals surface area contributed by atoms with Crippen molar-refractivity contribution in [2.24, 2.45) is 0 Å². The van der Waals surface area contributed by atoms with Crippen LogP contribution >= 0.6 is 31.9 Å². The predicted molar refractivity (Wildman–Crippen MR) is 80.7 cm³/mol. The van der Waals surface area contributed by atoms with Crippen LogP contribution in [0.2, 0.25) is 0 Å². The van der Waals surface area contributed by atoms with Gasteiger partial charge in [-0.25, -0.2) is 0 Å². The van der Waals surface area contributed by atoms with Crippen LogP contribution in [-0.4, -0.2) is 31.0 Å². The minimum Gasteiger partial charge on any atom is -0.383 e. The smallest absolute Gasteiger partial charge is 0.383 e. The molecular weight excluding hydrogens is 419 g/mol. The summed E-state index contributed by atoms with van der Waals surface area (Å²) in [7, 11) is 1.47. The molecule has 1 rings (SSSR count). The molecule has 1 atom stereocenters. The summed E-state index contributed by atoms with van der Waals surface area (Å²) in [5, 5.41) is 3.16. The molecule has 0 saturated heterocycles. The van der Waals surface area contributed by atoms with Gasteiger partial charge in [-0.2, -0.15) is 13.2 Å². The highest BCUT2D eigenvalue weighted by Gasteiger charge is 2.35. The molecule has 0 aliphatic carbocycles. The molecule has 0 heterocycles. The highest BCUT2D eigenvalue weighted by Crippen LogP contribution is 2.33. The van der Waals surface area contributed by atoms with E-state index < -0.39 is 23.2 Å². The molecule has 0 bridgehead atoms. The Labute approximate surface area is 137 Å².